The zero-order valence-electron chi connectivity index (χ0n) is 18.2. The molecule has 0 amide bonds. The van der Waals surface area contributed by atoms with Crippen LogP contribution in [-0.4, -0.2) is 27.5 Å². The largest absolute Gasteiger partial charge is 0.333 e. The lowest BCUT2D eigenvalue weighted by Crippen LogP contribution is -2.43. The molecule has 4 heteroatoms. The van der Waals surface area contributed by atoms with Crippen LogP contribution in [0.25, 0.3) is 0 Å². The molecule has 1 saturated heterocycles. The summed E-state index contributed by atoms with van der Waals surface area (Å²) in [5, 5.41) is 0.771. The molecule has 3 nitrogen and oxygen atoms in total. The molecule has 32 heavy (non-hydrogen) atoms. The fourth-order valence-corrected chi connectivity index (χ4v) is 5.08. The molecule has 3 aromatic carbocycles. The molecule has 0 saturated carbocycles. The zero-order valence-corrected chi connectivity index (χ0v) is 19.0. The molecule has 1 aliphatic heterocycles. The maximum Gasteiger partial charge on any atom is 0.0953 e. The van der Waals surface area contributed by atoms with E-state index in [1.807, 2.05) is 18.5 Å². The van der Waals surface area contributed by atoms with Gasteiger partial charge in [-0.2, -0.15) is 0 Å². The molecule has 4 aromatic rings. The molecule has 1 fully saturated rings. The summed E-state index contributed by atoms with van der Waals surface area (Å²) < 4.78 is 2.15. The van der Waals surface area contributed by atoms with Gasteiger partial charge >= 0.3 is 0 Å². The summed E-state index contributed by atoms with van der Waals surface area (Å²) in [5.74, 6) is 0. The minimum absolute atomic E-state index is 0.0902. The van der Waals surface area contributed by atoms with Crippen LogP contribution in [0.15, 0.2) is 97.5 Å². The Bertz CT molecular complexity index is 1090. The minimum Gasteiger partial charge on any atom is -0.333 e. The van der Waals surface area contributed by atoms with Gasteiger partial charge in [-0.05, 0) is 54.8 Å². The van der Waals surface area contributed by atoms with E-state index in [4.69, 9.17) is 11.6 Å². The summed E-state index contributed by atoms with van der Waals surface area (Å²) in [6.45, 7) is 3.84. The summed E-state index contributed by atoms with van der Waals surface area (Å²) in [7, 11) is 0. The van der Waals surface area contributed by atoms with Crippen LogP contribution in [0.4, 0.5) is 0 Å². The number of rotatable bonds is 6. The fraction of sp³-hybridized carbons (Fsp3) is 0.250. The highest BCUT2D eigenvalue weighted by Gasteiger charge is 2.37. The smallest absolute Gasteiger partial charge is 0.0953 e. The van der Waals surface area contributed by atoms with Crippen molar-refractivity contribution >= 4 is 11.6 Å². The molecule has 0 aliphatic carbocycles. The molecule has 0 bridgehead atoms. The Hall–Kier alpha value is -2.88. The number of halogens is 1. The maximum absolute atomic E-state index is 6.00. The van der Waals surface area contributed by atoms with Gasteiger partial charge in [-0.25, -0.2) is 4.98 Å². The van der Waals surface area contributed by atoms with Crippen LogP contribution in [0.1, 0.15) is 35.2 Å². The number of imidazole rings is 1. The Morgan fingerprint density at radius 1 is 0.750 bits per heavy atom. The van der Waals surface area contributed by atoms with E-state index in [0.717, 1.165) is 49.7 Å². The van der Waals surface area contributed by atoms with E-state index < -0.39 is 0 Å². The van der Waals surface area contributed by atoms with Gasteiger partial charge in [0.05, 0.1) is 12.0 Å². The topological polar surface area (TPSA) is 21.1 Å². The molecule has 0 atom stereocenters. The Kier molecular flexibility index (Phi) is 6.11. The van der Waals surface area contributed by atoms with Crippen molar-refractivity contribution in [2.45, 2.75) is 31.3 Å². The second kappa shape index (κ2) is 9.32. The third-order valence-corrected chi connectivity index (χ3v) is 6.97. The number of benzene rings is 3. The van der Waals surface area contributed by atoms with Gasteiger partial charge in [0.1, 0.15) is 0 Å². The third-order valence-electron chi connectivity index (χ3n) is 6.71. The molecular formula is C28H28ClN3. The van der Waals surface area contributed by atoms with Crippen LogP contribution in [0.5, 0.6) is 0 Å². The highest BCUT2D eigenvalue weighted by molar-refractivity contribution is 6.30. The standard InChI is InChI=1S/C28H28ClN3/c29-26-13-11-23(12-14-26)19-32-21-27(30-22-32)20-31-17-15-28(16-18-31,24-7-3-1-4-8-24)25-9-5-2-6-10-25/h1-14,21-22H,15-20H2. The van der Waals surface area contributed by atoms with Crippen molar-refractivity contribution in [2.75, 3.05) is 13.1 Å². The lowest BCUT2D eigenvalue weighted by Gasteiger charge is -2.42. The first kappa shape index (κ1) is 21.0. The highest BCUT2D eigenvalue weighted by Crippen LogP contribution is 2.41. The predicted octanol–water partition coefficient (Wildman–Crippen LogP) is 6.17. The van der Waals surface area contributed by atoms with Gasteiger partial charge in [0.15, 0.2) is 0 Å². The second-order valence-corrected chi connectivity index (χ2v) is 9.19. The number of piperidine rings is 1. The maximum atomic E-state index is 6.00. The predicted molar refractivity (Wildman–Crippen MR) is 131 cm³/mol. The molecule has 162 valence electrons. The van der Waals surface area contributed by atoms with Gasteiger partial charge < -0.3 is 4.57 Å². The average molecular weight is 442 g/mol. The van der Waals surface area contributed by atoms with Crippen molar-refractivity contribution in [3.8, 4) is 0 Å². The Morgan fingerprint density at radius 2 is 1.34 bits per heavy atom. The van der Waals surface area contributed by atoms with E-state index in [9.17, 15) is 0 Å². The second-order valence-electron chi connectivity index (χ2n) is 8.75. The zero-order chi connectivity index (χ0) is 21.8. The highest BCUT2D eigenvalue weighted by atomic mass is 35.5. The SMILES string of the molecule is Clc1ccc(Cn2cnc(CN3CCC(c4ccccc4)(c4ccccc4)CC3)c2)cc1. The molecule has 1 aromatic heterocycles. The van der Waals surface area contributed by atoms with E-state index in [1.54, 1.807) is 0 Å². The van der Waals surface area contributed by atoms with Gasteiger partial charge in [0.2, 0.25) is 0 Å². The quantitative estimate of drug-likeness (QED) is 0.357. The average Bonchev–Trinajstić information content (AvgIpc) is 3.29. The van der Waals surface area contributed by atoms with E-state index in [-0.39, 0.29) is 5.41 Å². The van der Waals surface area contributed by atoms with Gasteiger partial charge in [0, 0.05) is 29.7 Å². The lowest BCUT2D eigenvalue weighted by atomic mass is 9.68. The van der Waals surface area contributed by atoms with E-state index in [1.165, 1.54) is 16.7 Å². The number of hydrogen-bond donors (Lipinski definition) is 0. The Balaban J connectivity index is 1.27. The van der Waals surface area contributed by atoms with E-state index in [0.29, 0.717) is 0 Å². The van der Waals surface area contributed by atoms with Crippen molar-refractivity contribution in [3.05, 3.63) is 125 Å². The van der Waals surface area contributed by atoms with Crippen molar-refractivity contribution in [3.63, 3.8) is 0 Å². The summed E-state index contributed by atoms with van der Waals surface area (Å²) in [5.41, 5.74) is 5.31. The van der Waals surface area contributed by atoms with E-state index in [2.05, 4.69) is 93.4 Å². The third kappa shape index (κ3) is 4.50. The van der Waals surface area contributed by atoms with Crippen molar-refractivity contribution in [1.29, 1.82) is 0 Å². The van der Waals surface area contributed by atoms with Crippen molar-refractivity contribution in [1.82, 2.24) is 14.5 Å². The van der Waals surface area contributed by atoms with Crippen LogP contribution in [0, 0.1) is 0 Å². The van der Waals surface area contributed by atoms with Crippen LogP contribution in [-0.2, 0) is 18.5 Å². The van der Waals surface area contributed by atoms with Crippen LogP contribution < -0.4 is 0 Å². The summed E-state index contributed by atoms with van der Waals surface area (Å²) in [6.07, 6.45) is 6.34. The first-order valence-corrected chi connectivity index (χ1v) is 11.7. The minimum atomic E-state index is 0.0902. The van der Waals surface area contributed by atoms with Gasteiger partial charge in [0.25, 0.3) is 0 Å². The number of likely N-dealkylation sites (tertiary alicyclic amines) is 1. The monoisotopic (exact) mass is 441 g/mol. The molecule has 2 heterocycles. The first-order chi connectivity index (χ1) is 15.7. The molecule has 1 aliphatic rings. The summed E-state index contributed by atoms with van der Waals surface area (Å²) >= 11 is 6.00. The molecule has 0 unspecified atom stereocenters. The van der Waals surface area contributed by atoms with Gasteiger partial charge in [-0.1, -0.05) is 84.4 Å². The van der Waals surface area contributed by atoms with Gasteiger partial charge in [-0.3, -0.25) is 4.90 Å². The lowest BCUT2D eigenvalue weighted by molar-refractivity contribution is 0.170. The normalized spacial score (nSPS) is 16.2. The van der Waals surface area contributed by atoms with Crippen LogP contribution >= 0.6 is 11.6 Å². The van der Waals surface area contributed by atoms with E-state index >= 15 is 0 Å². The molecule has 0 N–H and O–H groups in total. The molecule has 5 rings (SSSR count). The number of nitrogens with zero attached hydrogens (tertiary/aromatic N) is 3. The number of hydrogen-bond acceptors (Lipinski definition) is 2. The van der Waals surface area contributed by atoms with Crippen LogP contribution in [0.3, 0.4) is 0 Å². The van der Waals surface area contributed by atoms with Crippen molar-refractivity contribution in [2.24, 2.45) is 0 Å². The summed E-state index contributed by atoms with van der Waals surface area (Å²) in [6, 6.07) is 30.1. The molecule has 0 radical (unpaired) electrons. The number of aromatic nitrogens is 2. The van der Waals surface area contributed by atoms with Crippen molar-refractivity contribution < 1.29 is 0 Å². The Morgan fingerprint density at radius 3 is 1.94 bits per heavy atom. The molecule has 0 spiro atoms. The van der Waals surface area contributed by atoms with Gasteiger partial charge in [-0.15, -0.1) is 0 Å². The molecular weight excluding hydrogens is 414 g/mol. The first-order valence-electron chi connectivity index (χ1n) is 11.3. The summed E-state index contributed by atoms with van der Waals surface area (Å²) in [4.78, 5) is 7.21. The van der Waals surface area contributed by atoms with Crippen LogP contribution in [0.2, 0.25) is 5.02 Å². The Labute approximate surface area is 195 Å². The fourth-order valence-electron chi connectivity index (χ4n) is 4.96.